The van der Waals surface area contributed by atoms with Gasteiger partial charge in [-0.3, -0.25) is 10.1 Å². The molecule has 0 saturated heterocycles. The first-order valence-electron chi connectivity index (χ1n) is 7.50. The fourth-order valence-electron chi connectivity index (χ4n) is 2.41. The molecule has 3 rings (SSSR count). The SMILES string of the molecule is CCOC(=O)c1sc(NC(=O)c2ccc3ccn(C)c3c2)nc1C. The Hall–Kier alpha value is -2.67. The minimum absolute atomic E-state index is 0.262. The smallest absolute Gasteiger partial charge is 0.350 e. The highest BCUT2D eigenvalue weighted by molar-refractivity contribution is 7.17. The van der Waals surface area contributed by atoms with Gasteiger partial charge in [0, 0.05) is 24.3 Å². The van der Waals surface area contributed by atoms with Gasteiger partial charge in [0.25, 0.3) is 5.91 Å². The molecule has 2 heterocycles. The average Bonchev–Trinajstić information content (AvgIpc) is 3.10. The van der Waals surface area contributed by atoms with Crippen LogP contribution in [0, 0.1) is 6.92 Å². The number of fused-ring (bicyclic) bond motifs is 1. The molecule has 0 bridgehead atoms. The molecule has 2 aromatic heterocycles. The Morgan fingerprint density at radius 2 is 2.12 bits per heavy atom. The van der Waals surface area contributed by atoms with Crippen molar-refractivity contribution in [2.75, 3.05) is 11.9 Å². The van der Waals surface area contributed by atoms with E-state index in [0.717, 1.165) is 22.2 Å². The number of carbonyl (C=O) groups is 2. The van der Waals surface area contributed by atoms with E-state index in [2.05, 4.69) is 10.3 Å². The summed E-state index contributed by atoms with van der Waals surface area (Å²) in [5.41, 5.74) is 2.06. The number of carbonyl (C=O) groups excluding carboxylic acids is 2. The monoisotopic (exact) mass is 343 g/mol. The number of rotatable bonds is 4. The largest absolute Gasteiger partial charge is 0.462 e. The molecule has 6 nitrogen and oxygen atoms in total. The summed E-state index contributed by atoms with van der Waals surface area (Å²) < 4.78 is 6.94. The predicted octanol–water partition coefficient (Wildman–Crippen LogP) is 3.37. The lowest BCUT2D eigenvalue weighted by atomic mass is 10.1. The Kier molecular flexibility index (Phi) is 4.35. The van der Waals surface area contributed by atoms with Gasteiger partial charge in [-0.2, -0.15) is 0 Å². The van der Waals surface area contributed by atoms with Crippen LogP contribution in [0.4, 0.5) is 5.13 Å². The highest BCUT2D eigenvalue weighted by Gasteiger charge is 2.18. The molecule has 0 saturated carbocycles. The van der Waals surface area contributed by atoms with E-state index < -0.39 is 5.97 Å². The number of ether oxygens (including phenoxy) is 1. The van der Waals surface area contributed by atoms with E-state index >= 15 is 0 Å². The Morgan fingerprint density at radius 3 is 2.88 bits per heavy atom. The van der Waals surface area contributed by atoms with Crippen molar-refractivity contribution in [3.05, 3.63) is 46.6 Å². The fourth-order valence-corrected chi connectivity index (χ4v) is 3.26. The molecule has 0 spiro atoms. The number of anilines is 1. The zero-order valence-electron chi connectivity index (χ0n) is 13.6. The topological polar surface area (TPSA) is 73.2 Å². The van der Waals surface area contributed by atoms with Crippen LogP contribution in [0.5, 0.6) is 0 Å². The maximum absolute atomic E-state index is 12.4. The van der Waals surface area contributed by atoms with Crippen LogP contribution in [0.3, 0.4) is 0 Å². The van der Waals surface area contributed by atoms with Gasteiger partial charge in [-0.15, -0.1) is 0 Å². The standard InChI is InChI=1S/C17H17N3O3S/c1-4-23-16(22)14-10(2)18-17(24-14)19-15(21)12-6-5-11-7-8-20(3)13(11)9-12/h5-9H,4H2,1-3H3,(H,18,19,21). The van der Waals surface area contributed by atoms with Crippen molar-refractivity contribution in [1.82, 2.24) is 9.55 Å². The molecule has 1 amide bonds. The van der Waals surface area contributed by atoms with E-state index in [1.807, 2.05) is 36.0 Å². The van der Waals surface area contributed by atoms with Crippen LogP contribution in [0.25, 0.3) is 10.9 Å². The summed E-state index contributed by atoms with van der Waals surface area (Å²) in [4.78, 5) is 28.9. The van der Waals surface area contributed by atoms with E-state index in [0.29, 0.717) is 27.9 Å². The molecule has 3 aromatic rings. The van der Waals surface area contributed by atoms with Crippen molar-refractivity contribution in [2.24, 2.45) is 7.05 Å². The summed E-state index contributed by atoms with van der Waals surface area (Å²) in [6.45, 7) is 3.76. The molecule has 0 unspecified atom stereocenters. The van der Waals surface area contributed by atoms with Crippen molar-refractivity contribution in [3.8, 4) is 0 Å². The van der Waals surface area contributed by atoms with Crippen molar-refractivity contribution in [3.63, 3.8) is 0 Å². The normalized spacial score (nSPS) is 10.8. The number of benzene rings is 1. The van der Waals surface area contributed by atoms with Gasteiger partial charge in [-0.1, -0.05) is 17.4 Å². The molecule has 1 N–H and O–H groups in total. The van der Waals surface area contributed by atoms with Gasteiger partial charge in [0.05, 0.1) is 12.3 Å². The van der Waals surface area contributed by atoms with Crippen molar-refractivity contribution < 1.29 is 14.3 Å². The van der Waals surface area contributed by atoms with Crippen molar-refractivity contribution in [2.45, 2.75) is 13.8 Å². The number of thiazole rings is 1. The molecule has 1 aromatic carbocycles. The van der Waals surface area contributed by atoms with E-state index in [-0.39, 0.29) is 5.91 Å². The van der Waals surface area contributed by atoms with Crippen LogP contribution in [-0.2, 0) is 11.8 Å². The summed E-state index contributed by atoms with van der Waals surface area (Å²) >= 11 is 1.12. The van der Waals surface area contributed by atoms with Crippen LogP contribution in [0.2, 0.25) is 0 Å². The van der Waals surface area contributed by atoms with Gasteiger partial charge < -0.3 is 9.30 Å². The van der Waals surface area contributed by atoms with Crippen molar-refractivity contribution in [1.29, 1.82) is 0 Å². The number of aryl methyl sites for hydroxylation is 2. The van der Waals surface area contributed by atoms with Gasteiger partial charge >= 0.3 is 5.97 Å². The Balaban J connectivity index is 1.82. The molecule has 0 atom stereocenters. The van der Waals surface area contributed by atoms with Crippen molar-refractivity contribution >= 4 is 39.2 Å². The highest BCUT2D eigenvalue weighted by Crippen LogP contribution is 2.24. The molecule has 24 heavy (non-hydrogen) atoms. The summed E-state index contributed by atoms with van der Waals surface area (Å²) in [6.07, 6.45) is 1.95. The quantitative estimate of drug-likeness (QED) is 0.737. The lowest BCUT2D eigenvalue weighted by Gasteiger charge is -2.03. The first kappa shape index (κ1) is 16.2. The number of hydrogen-bond acceptors (Lipinski definition) is 5. The third kappa shape index (κ3) is 3.03. The van der Waals surface area contributed by atoms with Crippen LogP contribution in [0.1, 0.15) is 32.6 Å². The molecule has 0 aliphatic heterocycles. The van der Waals surface area contributed by atoms with Gasteiger partial charge in [0.2, 0.25) is 0 Å². The number of aromatic nitrogens is 2. The number of nitrogens with zero attached hydrogens (tertiary/aromatic N) is 2. The Morgan fingerprint density at radius 1 is 1.33 bits per heavy atom. The Bertz CT molecular complexity index is 926. The molecule has 7 heteroatoms. The van der Waals surface area contributed by atoms with Gasteiger partial charge in [-0.25, -0.2) is 9.78 Å². The zero-order chi connectivity index (χ0) is 17.3. The van der Waals surface area contributed by atoms with Gasteiger partial charge in [0.1, 0.15) is 4.88 Å². The molecular formula is C17H17N3O3S. The third-order valence-electron chi connectivity index (χ3n) is 3.63. The fraction of sp³-hybridized carbons (Fsp3) is 0.235. The van der Waals surface area contributed by atoms with E-state index in [9.17, 15) is 9.59 Å². The van der Waals surface area contributed by atoms with Crippen LogP contribution in [0.15, 0.2) is 30.5 Å². The minimum Gasteiger partial charge on any atom is -0.462 e. The first-order chi connectivity index (χ1) is 11.5. The first-order valence-corrected chi connectivity index (χ1v) is 8.32. The molecule has 0 aliphatic rings. The van der Waals surface area contributed by atoms with E-state index in [1.165, 1.54) is 0 Å². The number of esters is 1. The Labute approximate surface area is 143 Å². The third-order valence-corrected chi connectivity index (χ3v) is 4.68. The van der Waals surface area contributed by atoms with Crippen LogP contribution < -0.4 is 5.32 Å². The second kappa shape index (κ2) is 6.45. The highest BCUT2D eigenvalue weighted by atomic mass is 32.1. The summed E-state index contributed by atoms with van der Waals surface area (Å²) in [5.74, 6) is -0.680. The van der Waals surface area contributed by atoms with E-state index in [1.54, 1.807) is 19.9 Å². The molecule has 0 aliphatic carbocycles. The number of nitrogens with one attached hydrogen (secondary N) is 1. The number of hydrogen-bond donors (Lipinski definition) is 1. The second-order valence-corrected chi connectivity index (χ2v) is 6.31. The minimum atomic E-state index is -0.418. The number of amides is 1. The maximum atomic E-state index is 12.4. The summed E-state index contributed by atoms with van der Waals surface area (Å²) in [5, 5.41) is 4.20. The lowest BCUT2D eigenvalue weighted by molar-refractivity contribution is 0.0531. The molecule has 124 valence electrons. The lowest BCUT2D eigenvalue weighted by Crippen LogP contribution is -2.11. The molecule has 0 radical (unpaired) electrons. The van der Waals surface area contributed by atoms with Gasteiger partial charge in [0.15, 0.2) is 5.13 Å². The maximum Gasteiger partial charge on any atom is 0.350 e. The summed E-state index contributed by atoms with van der Waals surface area (Å²) in [7, 11) is 1.93. The second-order valence-electron chi connectivity index (χ2n) is 5.31. The molecular weight excluding hydrogens is 326 g/mol. The van der Waals surface area contributed by atoms with E-state index in [4.69, 9.17) is 4.74 Å². The van der Waals surface area contributed by atoms with Crippen LogP contribution >= 0.6 is 11.3 Å². The average molecular weight is 343 g/mol. The van der Waals surface area contributed by atoms with Crippen LogP contribution in [-0.4, -0.2) is 28.0 Å². The summed E-state index contributed by atoms with van der Waals surface area (Å²) in [6, 6.07) is 7.50. The molecule has 0 fully saturated rings. The zero-order valence-corrected chi connectivity index (χ0v) is 14.4. The van der Waals surface area contributed by atoms with Gasteiger partial charge in [-0.05, 0) is 37.4 Å². The predicted molar refractivity (Wildman–Crippen MR) is 93.7 cm³/mol.